The normalized spacial score (nSPS) is 11.4. The molecule has 2 amide bonds. The number of ether oxygens (including phenoxy) is 3. The third kappa shape index (κ3) is 7.16. The topological polar surface area (TPSA) is 112 Å². The van der Waals surface area contributed by atoms with Crippen LogP contribution in [0.5, 0.6) is 11.5 Å². The Morgan fingerprint density at radius 2 is 1.74 bits per heavy atom. The standard InChI is InChI=1S/C29H25F3N6O4S/c1-40-11-12-42-24-15-22-21(14-23(24)41-2)27(34-17-33-22)43-20-10-6-7-18(13-20)35-28(39)36-26-16-25(29(30,31)32)38(37-26)19-8-4-3-5-9-19/h3-10,13-17H,11-12H2,1-2H3,(H2,35,36,37,39). The van der Waals surface area contributed by atoms with Crippen LogP contribution in [0, 0.1) is 0 Å². The van der Waals surface area contributed by atoms with Crippen LogP contribution in [0.1, 0.15) is 5.69 Å². The number of halogens is 3. The number of methoxy groups -OCH3 is 2. The Kier molecular flexibility index (Phi) is 8.97. The minimum Gasteiger partial charge on any atom is -0.493 e. The van der Waals surface area contributed by atoms with Crippen molar-refractivity contribution in [1.82, 2.24) is 19.7 Å². The molecule has 0 bridgehead atoms. The van der Waals surface area contributed by atoms with Crippen molar-refractivity contribution >= 4 is 40.2 Å². The molecule has 0 aliphatic rings. The molecular weight excluding hydrogens is 585 g/mol. The lowest BCUT2D eigenvalue weighted by molar-refractivity contribution is -0.142. The fourth-order valence-corrected chi connectivity index (χ4v) is 5.00. The predicted molar refractivity (Wildman–Crippen MR) is 155 cm³/mol. The highest BCUT2D eigenvalue weighted by Crippen LogP contribution is 2.38. The van der Waals surface area contributed by atoms with E-state index in [0.717, 1.165) is 21.0 Å². The first-order chi connectivity index (χ1) is 20.7. The molecule has 10 nitrogen and oxygen atoms in total. The summed E-state index contributed by atoms with van der Waals surface area (Å²) in [7, 11) is 3.13. The van der Waals surface area contributed by atoms with Crippen LogP contribution in [0.2, 0.25) is 0 Å². The minimum absolute atomic E-state index is 0.206. The number of urea groups is 1. The number of nitrogens with zero attached hydrogens (tertiary/aromatic N) is 4. The second-order valence-electron chi connectivity index (χ2n) is 8.91. The van der Waals surface area contributed by atoms with Crippen LogP contribution in [0.15, 0.2) is 89.0 Å². The van der Waals surface area contributed by atoms with E-state index in [9.17, 15) is 18.0 Å². The van der Waals surface area contributed by atoms with Gasteiger partial charge >= 0.3 is 12.2 Å². The first-order valence-electron chi connectivity index (χ1n) is 12.8. The van der Waals surface area contributed by atoms with Crippen molar-refractivity contribution in [3.8, 4) is 17.2 Å². The van der Waals surface area contributed by atoms with E-state index < -0.39 is 17.9 Å². The summed E-state index contributed by atoms with van der Waals surface area (Å²) < 4.78 is 58.0. The molecule has 2 N–H and O–H groups in total. The number of rotatable bonds is 10. The molecule has 0 unspecified atom stereocenters. The number of carbonyl (C=O) groups is 1. The number of fused-ring (bicyclic) bond motifs is 1. The molecule has 0 radical (unpaired) electrons. The number of anilines is 2. The molecular formula is C29H25F3N6O4S. The molecule has 5 rings (SSSR count). The fraction of sp³-hybridized carbons (Fsp3) is 0.172. The number of amides is 2. The van der Waals surface area contributed by atoms with Gasteiger partial charge in [0.1, 0.15) is 23.7 Å². The molecule has 0 aliphatic heterocycles. The monoisotopic (exact) mass is 610 g/mol. The highest BCUT2D eigenvalue weighted by molar-refractivity contribution is 7.99. The summed E-state index contributed by atoms with van der Waals surface area (Å²) in [6.07, 6.45) is -3.24. The Labute approximate surface area is 248 Å². The highest BCUT2D eigenvalue weighted by Gasteiger charge is 2.36. The van der Waals surface area contributed by atoms with Gasteiger partial charge in [-0.15, -0.1) is 5.10 Å². The van der Waals surface area contributed by atoms with Crippen LogP contribution in [-0.4, -0.2) is 53.2 Å². The second kappa shape index (κ2) is 13.0. The maximum atomic E-state index is 13.7. The Balaban J connectivity index is 1.32. The van der Waals surface area contributed by atoms with Crippen molar-refractivity contribution in [1.29, 1.82) is 0 Å². The molecule has 0 saturated heterocycles. The van der Waals surface area contributed by atoms with E-state index in [1.54, 1.807) is 55.6 Å². The predicted octanol–water partition coefficient (Wildman–Crippen LogP) is 6.66. The molecule has 0 fully saturated rings. The van der Waals surface area contributed by atoms with Crippen molar-refractivity contribution in [2.45, 2.75) is 16.1 Å². The molecule has 3 aromatic carbocycles. The third-order valence-corrected chi connectivity index (χ3v) is 6.99. The van der Waals surface area contributed by atoms with Crippen LogP contribution in [0.3, 0.4) is 0 Å². The Morgan fingerprint density at radius 3 is 2.49 bits per heavy atom. The molecule has 0 atom stereocenters. The number of nitrogens with one attached hydrogen (secondary N) is 2. The largest absolute Gasteiger partial charge is 0.493 e. The number of carbonyl (C=O) groups excluding carboxylic acids is 1. The molecule has 2 aromatic heterocycles. The van der Waals surface area contributed by atoms with E-state index in [2.05, 4.69) is 25.7 Å². The van der Waals surface area contributed by atoms with E-state index in [1.165, 1.54) is 37.3 Å². The number of aromatic nitrogens is 4. The van der Waals surface area contributed by atoms with E-state index in [-0.39, 0.29) is 11.5 Å². The van der Waals surface area contributed by atoms with Gasteiger partial charge in [0, 0.05) is 35.2 Å². The number of benzene rings is 3. The summed E-state index contributed by atoms with van der Waals surface area (Å²) in [5.74, 6) is 0.775. The maximum absolute atomic E-state index is 13.7. The van der Waals surface area contributed by atoms with Crippen LogP contribution in [0.25, 0.3) is 16.6 Å². The number of hydrogen-bond acceptors (Lipinski definition) is 8. The van der Waals surface area contributed by atoms with Gasteiger partial charge in [0.2, 0.25) is 0 Å². The zero-order chi connectivity index (χ0) is 30.4. The highest BCUT2D eigenvalue weighted by atomic mass is 32.2. The van der Waals surface area contributed by atoms with Gasteiger partial charge in [0.05, 0.1) is 24.9 Å². The van der Waals surface area contributed by atoms with Gasteiger partial charge in [0.25, 0.3) is 0 Å². The average Bonchev–Trinajstić information content (AvgIpc) is 3.42. The molecule has 14 heteroatoms. The van der Waals surface area contributed by atoms with E-state index in [0.29, 0.717) is 40.9 Å². The summed E-state index contributed by atoms with van der Waals surface area (Å²) in [5, 5.41) is 10.3. The molecule has 0 spiro atoms. The molecule has 0 aliphatic carbocycles. The lowest BCUT2D eigenvalue weighted by Gasteiger charge is -2.13. The lowest BCUT2D eigenvalue weighted by Crippen LogP contribution is -2.19. The van der Waals surface area contributed by atoms with Crippen molar-refractivity contribution in [2.75, 3.05) is 38.1 Å². The van der Waals surface area contributed by atoms with Gasteiger partial charge in [-0.1, -0.05) is 36.0 Å². The van der Waals surface area contributed by atoms with Crippen molar-refractivity contribution < 1.29 is 32.2 Å². The van der Waals surface area contributed by atoms with Gasteiger partial charge in [-0.3, -0.25) is 5.32 Å². The van der Waals surface area contributed by atoms with Gasteiger partial charge in [-0.25, -0.2) is 19.4 Å². The minimum atomic E-state index is -4.68. The summed E-state index contributed by atoms with van der Waals surface area (Å²) >= 11 is 1.33. The number of para-hydroxylation sites is 1. The van der Waals surface area contributed by atoms with Gasteiger partial charge < -0.3 is 19.5 Å². The van der Waals surface area contributed by atoms with Crippen LogP contribution >= 0.6 is 11.8 Å². The van der Waals surface area contributed by atoms with Gasteiger partial charge in [0.15, 0.2) is 17.3 Å². The van der Waals surface area contributed by atoms with Crippen LogP contribution in [-0.2, 0) is 10.9 Å². The quantitative estimate of drug-likeness (QED) is 0.133. The van der Waals surface area contributed by atoms with Crippen molar-refractivity contribution in [3.63, 3.8) is 0 Å². The molecule has 0 saturated carbocycles. The lowest BCUT2D eigenvalue weighted by atomic mass is 10.2. The first kappa shape index (κ1) is 29.7. The van der Waals surface area contributed by atoms with Gasteiger partial charge in [-0.05, 0) is 36.4 Å². The average molecular weight is 611 g/mol. The van der Waals surface area contributed by atoms with Crippen LogP contribution in [0.4, 0.5) is 29.5 Å². The van der Waals surface area contributed by atoms with Crippen molar-refractivity contribution in [3.05, 3.63) is 84.8 Å². The zero-order valence-corrected chi connectivity index (χ0v) is 23.7. The van der Waals surface area contributed by atoms with E-state index in [4.69, 9.17) is 14.2 Å². The van der Waals surface area contributed by atoms with E-state index >= 15 is 0 Å². The second-order valence-corrected chi connectivity index (χ2v) is 9.97. The summed E-state index contributed by atoms with van der Waals surface area (Å²) in [6, 6.07) is 18.3. The summed E-state index contributed by atoms with van der Waals surface area (Å²) in [4.78, 5) is 22.2. The zero-order valence-electron chi connectivity index (χ0n) is 22.9. The van der Waals surface area contributed by atoms with Crippen molar-refractivity contribution in [2.24, 2.45) is 0 Å². The maximum Gasteiger partial charge on any atom is 0.433 e. The number of alkyl halides is 3. The Hall–Kier alpha value is -4.82. The molecule has 43 heavy (non-hydrogen) atoms. The molecule has 2 heterocycles. The van der Waals surface area contributed by atoms with E-state index in [1.807, 2.05) is 6.07 Å². The third-order valence-electron chi connectivity index (χ3n) is 5.98. The van der Waals surface area contributed by atoms with Gasteiger partial charge in [-0.2, -0.15) is 13.2 Å². The fourth-order valence-electron chi connectivity index (χ4n) is 4.07. The first-order valence-corrected chi connectivity index (χ1v) is 13.6. The SMILES string of the molecule is COCCOc1cc2ncnc(Sc3cccc(NC(=O)Nc4cc(C(F)(F)F)n(-c5ccccc5)n4)c3)c2cc1OC. The number of hydrogen-bond donors (Lipinski definition) is 2. The van der Waals surface area contributed by atoms with Crippen LogP contribution < -0.4 is 20.1 Å². The Morgan fingerprint density at radius 1 is 0.930 bits per heavy atom. The Bertz CT molecular complexity index is 1730. The molecule has 5 aromatic rings. The molecule has 222 valence electrons. The smallest absolute Gasteiger partial charge is 0.433 e. The summed E-state index contributed by atoms with van der Waals surface area (Å²) in [5.41, 5.74) is 0.242. The summed E-state index contributed by atoms with van der Waals surface area (Å²) in [6.45, 7) is 0.761.